The fourth-order valence-electron chi connectivity index (χ4n) is 3.72. The van der Waals surface area contributed by atoms with Gasteiger partial charge in [-0.2, -0.15) is 8.42 Å². The van der Waals surface area contributed by atoms with E-state index in [-0.39, 0.29) is 62.7 Å². The van der Waals surface area contributed by atoms with Crippen LogP contribution in [0.15, 0.2) is 12.1 Å². The monoisotopic (exact) mass is 480 g/mol. The molecule has 1 rings (SSSR count). The van der Waals surface area contributed by atoms with Crippen LogP contribution < -0.4 is 60.7 Å². The van der Waals surface area contributed by atoms with Gasteiger partial charge in [-0.3, -0.25) is 4.55 Å². The minimum absolute atomic E-state index is 0. The molecule has 6 nitrogen and oxygen atoms in total. The number of carboxylic acids is 1. The van der Waals surface area contributed by atoms with Gasteiger partial charge in [-0.05, 0) is 42.9 Å². The van der Waals surface area contributed by atoms with Crippen LogP contribution in [0.25, 0.3) is 0 Å². The fraction of sp³-hybridized carbons (Fsp3) is 0.696. The Kier molecular flexibility index (Phi) is 17.5. The molecule has 0 aromatic heterocycles. The Labute approximate surface area is 230 Å². The molecule has 8 heteroatoms. The van der Waals surface area contributed by atoms with Crippen molar-refractivity contribution in [3.63, 3.8) is 0 Å². The van der Waals surface area contributed by atoms with Crippen LogP contribution in [-0.2, 0) is 23.2 Å². The number of benzene rings is 1. The average Bonchev–Trinajstić information content (AvgIpc) is 2.67. The van der Waals surface area contributed by atoms with E-state index in [1.165, 1.54) is 31.7 Å². The van der Waals surface area contributed by atoms with Gasteiger partial charge in [-0.1, -0.05) is 84.1 Å². The van der Waals surface area contributed by atoms with Crippen LogP contribution in [0.3, 0.4) is 0 Å². The first-order valence-electron chi connectivity index (χ1n) is 11.3. The summed E-state index contributed by atoms with van der Waals surface area (Å²) in [4.78, 5) is 11.5. The summed E-state index contributed by atoms with van der Waals surface area (Å²) in [6, 6.07) is 3.04. The van der Waals surface area contributed by atoms with Gasteiger partial charge in [-0.15, -0.1) is 0 Å². The van der Waals surface area contributed by atoms with Gasteiger partial charge in [0.1, 0.15) is 0 Å². The van der Waals surface area contributed by atoms with Crippen LogP contribution in [0.2, 0.25) is 0 Å². The minimum atomic E-state index is -4.84. The molecule has 31 heavy (non-hydrogen) atoms. The summed E-state index contributed by atoms with van der Waals surface area (Å²) in [5, 5.41) is 11.5. The summed E-state index contributed by atoms with van der Waals surface area (Å²) in [7, 11) is -4.84. The molecule has 1 aromatic rings. The van der Waals surface area contributed by atoms with Gasteiger partial charge < -0.3 is 14.1 Å². The Morgan fingerprint density at radius 3 is 1.84 bits per heavy atom. The summed E-state index contributed by atoms with van der Waals surface area (Å²) in [5.41, 5.74) is 1.08. The molecule has 0 spiro atoms. The first-order chi connectivity index (χ1) is 14.3. The maximum atomic E-state index is 11.5. The van der Waals surface area contributed by atoms with E-state index in [9.17, 15) is 22.9 Å². The molecule has 0 atom stereocenters. The average molecular weight is 481 g/mol. The standard InChI is InChI=1S/C23H38O6S.K/c1-3-5-7-9-11-13-15-19-17-18-21(23(24)25)22(29-30(26,27)28)20(19)16-14-12-10-8-6-4-2;/h17-18H,3-16H2,1-2H3,(H,24,25)(H,26,27,28);/q;+1/p-1. The molecule has 0 heterocycles. The molecule has 0 aliphatic carbocycles. The molecule has 0 saturated heterocycles. The van der Waals surface area contributed by atoms with Crippen molar-refractivity contribution in [2.75, 3.05) is 0 Å². The molecule has 0 amide bonds. The zero-order valence-electron chi connectivity index (χ0n) is 19.5. The van der Waals surface area contributed by atoms with Crippen LogP contribution in [-0.4, -0.2) is 18.9 Å². The number of aryl methyl sites for hydroxylation is 1. The molecule has 0 radical (unpaired) electrons. The van der Waals surface area contributed by atoms with Crippen molar-refractivity contribution in [3.05, 3.63) is 28.8 Å². The predicted octanol–water partition coefficient (Wildman–Crippen LogP) is 2.04. The molecular weight excluding hydrogens is 443 g/mol. The number of aromatic carboxylic acids is 1. The smallest absolute Gasteiger partial charge is 0.545 e. The summed E-state index contributed by atoms with van der Waals surface area (Å²) in [5.74, 6) is -1.82. The number of carbonyl (C=O) groups excluding carboxylic acids is 1. The van der Waals surface area contributed by atoms with E-state index < -0.39 is 16.4 Å². The largest absolute Gasteiger partial charge is 1.00 e. The number of carboxylic acid groups (broad SMARTS) is 1. The van der Waals surface area contributed by atoms with Crippen LogP contribution in [0, 0.1) is 0 Å². The van der Waals surface area contributed by atoms with Gasteiger partial charge in [0.05, 0.1) is 5.97 Å². The van der Waals surface area contributed by atoms with Crippen molar-refractivity contribution >= 4 is 16.4 Å². The number of carbonyl (C=O) groups is 1. The van der Waals surface area contributed by atoms with Crippen molar-refractivity contribution in [1.82, 2.24) is 0 Å². The quantitative estimate of drug-likeness (QED) is 0.208. The summed E-state index contributed by atoms with van der Waals surface area (Å²) >= 11 is 0. The maximum absolute atomic E-state index is 11.5. The van der Waals surface area contributed by atoms with Gasteiger partial charge in [0.15, 0.2) is 5.75 Å². The van der Waals surface area contributed by atoms with Gasteiger partial charge >= 0.3 is 61.8 Å². The molecule has 172 valence electrons. The minimum Gasteiger partial charge on any atom is -0.545 e. The first-order valence-corrected chi connectivity index (χ1v) is 12.7. The van der Waals surface area contributed by atoms with Gasteiger partial charge in [0.2, 0.25) is 0 Å². The Balaban J connectivity index is 0.00000900. The molecule has 0 unspecified atom stereocenters. The Morgan fingerprint density at radius 1 is 0.871 bits per heavy atom. The predicted molar refractivity (Wildman–Crippen MR) is 117 cm³/mol. The Hall–Kier alpha value is 0.0364. The van der Waals surface area contributed by atoms with Crippen molar-refractivity contribution in [1.29, 1.82) is 0 Å². The normalized spacial score (nSPS) is 11.2. The molecule has 1 N–H and O–H groups in total. The molecular formula is C23H37KO6S. The molecule has 0 bridgehead atoms. The van der Waals surface area contributed by atoms with Crippen molar-refractivity contribution in [3.8, 4) is 5.75 Å². The van der Waals surface area contributed by atoms with E-state index in [1.54, 1.807) is 6.07 Å². The van der Waals surface area contributed by atoms with Gasteiger partial charge in [0.25, 0.3) is 0 Å². The third-order valence-corrected chi connectivity index (χ3v) is 5.72. The first kappa shape index (κ1) is 31.0. The third kappa shape index (κ3) is 13.4. The summed E-state index contributed by atoms with van der Waals surface area (Å²) in [6.07, 6.45) is 14.3. The van der Waals surface area contributed by atoms with Gasteiger partial charge in [0, 0.05) is 5.56 Å². The van der Waals surface area contributed by atoms with Crippen molar-refractivity contribution < 1.29 is 78.4 Å². The van der Waals surface area contributed by atoms with Crippen LogP contribution in [0.4, 0.5) is 0 Å². The number of rotatable bonds is 17. The summed E-state index contributed by atoms with van der Waals surface area (Å²) in [6.45, 7) is 4.32. The fourth-order valence-corrected chi connectivity index (χ4v) is 4.12. The Bertz CT molecular complexity index is 749. The SMILES string of the molecule is CCCCCCCCc1ccc(C(=O)[O-])c(OS(=O)(=O)O)c1CCCCCCCC.[K+]. The van der Waals surface area contributed by atoms with E-state index in [0.29, 0.717) is 18.4 Å². The molecule has 1 aromatic carbocycles. The third-order valence-electron chi connectivity index (χ3n) is 5.35. The van der Waals surface area contributed by atoms with Crippen LogP contribution in [0.5, 0.6) is 5.75 Å². The number of unbranched alkanes of at least 4 members (excludes halogenated alkanes) is 10. The molecule has 0 fully saturated rings. The summed E-state index contributed by atoms with van der Waals surface area (Å²) < 4.78 is 36.7. The van der Waals surface area contributed by atoms with E-state index in [1.807, 2.05) is 0 Å². The second kappa shape index (κ2) is 17.5. The zero-order valence-corrected chi connectivity index (χ0v) is 23.4. The second-order valence-corrected chi connectivity index (χ2v) is 8.94. The number of hydrogen-bond donors (Lipinski definition) is 1. The van der Waals surface area contributed by atoms with Gasteiger partial charge in [-0.25, -0.2) is 0 Å². The van der Waals surface area contributed by atoms with E-state index >= 15 is 0 Å². The molecule has 0 saturated carbocycles. The Morgan fingerprint density at radius 2 is 1.35 bits per heavy atom. The van der Waals surface area contributed by atoms with E-state index in [2.05, 4.69) is 13.8 Å². The van der Waals surface area contributed by atoms with Crippen LogP contribution in [0.1, 0.15) is 112 Å². The second-order valence-electron chi connectivity index (χ2n) is 7.91. The van der Waals surface area contributed by atoms with Crippen molar-refractivity contribution in [2.45, 2.75) is 104 Å². The molecule has 0 aliphatic rings. The zero-order chi connectivity index (χ0) is 22.4. The molecule has 0 aliphatic heterocycles. The number of hydrogen-bond acceptors (Lipinski definition) is 5. The van der Waals surface area contributed by atoms with Crippen LogP contribution >= 0.6 is 0 Å². The van der Waals surface area contributed by atoms with Crippen molar-refractivity contribution in [2.24, 2.45) is 0 Å². The van der Waals surface area contributed by atoms with E-state index in [0.717, 1.165) is 56.9 Å². The topological polar surface area (TPSA) is 104 Å². The maximum Gasteiger partial charge on any atom is 1.00 e. The van der Waals surface area contributed by atoms with E-state index in [4.69, 9.17) is 4.18 Å².